The van der Waals surface area contributed by atoms with Crippen LogP contribution in [-0.4, -0.2) is 25.6 Å². The summed E-state index contributed by atoms with van der Waals surface area (Å²) in [6, 6.07) is 30.6. The Bertz CT molecular complexity index is 865. The summed E-state index contributed by atoms with van der Waals surface area (Å²) in [6.07, 6.45) is 6.04. The molecule has 0 aromatic heterocycles. The summed E-state index contributed by atoms with van der Waals surface area (Å²) in [6.45, 7) is 6.47. The molecule has 0 saturated heterocycles. The molecule has 0 radical (unpaired) electrons. The summed E-state index contributed by atoms with van der Waals surface area (Å²) < 4.78 is 18.1. The molecule has 0 aliphatic rings. The van der Waals surface area contributed by atoms with Gasteiger partial charge in [0.25, 0.3) is 0 Å². The number of hydrogen-bond donors (Lipinski definition) is 0. The third-order valence-electron chi connectivity index (χ3n) is 5.02. The van der Waals surface area contributed by atoms with Gasteiger partial charge in [0.1, 0.15) is 11.7 Å². The van der Waals surface area contributed by atoms with Crippen LogP contribution in [0.1, 0.15) is 23.6 Å². The average molecular weight is 413 g/mol. The maximum Gasteiger partial charge on any atom is 0.222 e. The second-order valence-corrected chi connectivity index (χ2v) is 6.95. The van der Waals surface area contributed by atoms with Crippen molar-refractivity contribution in [3.8, 4) is 12.3 Å². The van der Waals surface area contributed by atoms with E-state index in [0.29, 0.717) is 6.61 Å². The fraction of sp³-hybridized carbons (Fsp3) is 0.214. The highest BCUT2D eigenvalue weighted by molar-refractivity contribution is 5.47. The van der Waals surface area contributed by atoms with Crippen molar-refractivity contribution in [1.29, 1.82) is 0 Å². The van der Waals surface area contributed by atoms with Crippen molar-refractivity contribution in [1.82, 2.24) is 0 Å². The molecule has 0 aliphatic heterocycles. The summed E-state index contributed by atoms with van der Waals surface area (Å²) in [5.74, 6) is 2.51. The first kappa shape index (κ1) is 22.5. The number of benzene rings is 3. The summed E-state index contributed by atoms with van der Waals surface area (Å²) >= 11 is 0. The lowest BCUT2D eigenvalue weighted by molar-refractivity contribution is -0.145. The van der Waals surface area contributed by atoms with Crippen LogP contribution in [0, 0.1) is 12.3 Å². The molecule has 158 valence electrons. The third-order valence-corrected chi connectivity index (χ3v) is 5.02. The Morgan fingerprint density at radius 1 is 0.871 bits per heavy atom. The van der Waals surface area contributed by atoms with E-state index in [1.165, 1.54) is 0 Å². The SMILES string of the molecule is C#CC(OCC)O[C@@H](C=C)COC(c1ccccc1)(c1ccccc1)c1ccccc1. The Morgan fingerprint density at radius 2 is 1.32 bits per heavy atom. The van der Waals surface area contributed by atoms with Crippen LogP contribution in [0.5, 0.6) is 0 Å². The summed E-state index contributed by atoms with van der Waals surface area (Å²) in [5.41, 5.74) is 2.24. The fourth-order valence-electron chi connectivity index (χ4n) is 3.58. The third kappa shape index (κ3) is 5.31. The first-order chi connectivity index (χ1) is 15.2. The predicted molar refractivity (Wildman–Crippen MR) is 124 cm³/mol. The normalized spacial score (nSPS) is 13.2. The quantitative estimate of drug-likeness (QED) is 0.179. The summed E-state index contributed by atoms with van der Waals surface area (Å²) in [7, 11) is 0. The molecule has 1 unspecified atom stereocenters. The zero-order valence-electron chi connectivity index (χ0n) is 17.8. The van der Waals surface area contributed by atoms with Gasteiger partial charge >= 0.3 is 0 Å². The van der Waals surface area contributed by atoms with Gasteiger partial charge in [-0.3, -0.25) is 0 Å². The first-order valence-electron chi connectivity index (χ1n) is 10.4. The van der Waals surface area contributed by atoms with Crippen molar-refractivity contribution < 1.29 is 14.2 Å². The number of terminal acetylenes is 1. The molecule has 0 saturated carbocycles. The highest BCUT2D eigenvalue weighted by atomic mass is 16.7. The molecule has 31 heavy (non-hydrogen) atoms. The van der Waals surface area contributed by atoms with Crippen LogP contribution in [0.25, 0.3) is 0 Å². The first-order valence-corrected chi connectivity index (χ1v) is 10.4. The van der Waals surface area contributed by atoms with Gasteiger partial charge in [-0.2, -0.15) is 0 Å². The monoisotopic (exact) mass is 412 g/mol. The van der Waals surface area contributed by atoms with Gasteiger partial charge in [0.05, 0.1) is 6.61 Å². The average Bonchev–Trinajstić information content (AvgIpc) is 2.85. The lowest BCUT2D eigenvalue weighted by Crippen LogP contribution is -2.37. The molecule has 0 spiro atoms. The molecule has 0 fully saturated rings. The standard InChI is InChI=1S/C28H28O3/c1-4-26(31-27(5-2)29-6-3)22-30-28(23-16-10-7-11-17-23,24-18-12-8-13-19-24)25-20-14-9-15-21-25/h2,4,7-21,26-27H,1,6,22H2,3H3/t26-,27?/m0/s1. The van der Waals surface area contributed by atoms with Gasteiger partial charge < -0.3 is 14.2 Å². The van der Waals surface area contributed by atoms with Crippen LogP contribution in [0.3, 0.4) is 0 Å². The molecular weight excluding hydrogens is 384 g/mol. The molecule has 0 bridgehead atoms. The van der Waals surface area contributed by atoms with Crippen LogP contribution in [0.4, 0.5) is 0 Å². The van der Waals surface area contributed by atoms with E-state index in [1.54, 1.807) is 6.08 Å². The van der Waals surface area contributed by atoms with Gasteiger partial charge in [0, 0.05) is 6.61 Å². The topological polar surface area (TPSA) is 27.7 Å². The van der Waals surface area contributed by atoms with E-state index in [-0.39, 0.29) is 6.61 Å². The molecule has 3 heteroatoms. The number of rotatable bonds is 11. The fourth-order valence-corrected chi connectivity index (χ4v) is 3.58. The van der Waals surface area contributed by atoms with Gasteiger partial charge in [-0.1, -0.05) is 97.1 Å². The van der Waals surface area contributed by atoms with Gasteiger partial charge in [-0.25, -0.2) is 0 Å². The van der Waals surface area contributed by atoms with E-state index in [9.17, 15) is 0 Å². The van der Waals surface area contributed by atoms with Crippen LogP contribution in [0.2, 0.25) is 0 Å². The largest absolute Gasteiger partial charge is 0.358 e. The van der Waals surface area contributed by atoms with Crippen molar-refractivity contribution >= 4 is 0 Å². The molecule has 3 aromatic carbocycles. The maximum atomic E-state index is 6.74. The number of ether oxygens (including phenoxy) is 3. The van der Waals surface area contributed by atoms with Crippen molar-refractivity contribution in [3.63, 3.8) is 0 Å². The second kappa shape index (κ2) is 11.3. The van der Waals surface area contributed by atoms with Gasteiger partial charge in [0.2, 0.25) is 6.29 Å². The van der Waals surface area contributed by atoms with E-state index < -0.39 is 18.0 Å². The minimum Gasteiger partial charge on any atom is -0.358 e. The Kier molecular flexibility index (Phi) is 8.20. The maximum absolute atomic E-state index is 6.74. The van der Waals surface area contributed by atoms with E-state index >= 15 is 0 Å². The van der Waals surface area contributed by atoms with Crippen molar-refractivity contribution in [2.24, 2.45) is 0 Å². The van der Waals surface area contributed by atoms with E-state index in [1.807, 2.05) is 61.5 Å². The highest BCUT2D eigenvalue weighted by Gasteiger charge is 2.38. The number of hydrogen-bond acceptors (Lipinski definition) is 3. The minimum absolute atomic E-state index is 0.243. The molecule has 3 aromatic rings. The molecule has 0 aliphatic carbocycles. The molecular formula is C28H28O3. The van der Waals surface area contributed by atoms with Gasteiger partial charge in [0.15, 0.2) is 0 Å². The van der Waals surface area contributed by atoms with Gasteiger partial charge in [-0.15, -0.1) is 13.0 Å². The van der Waals surface area contributed by atoms with Crippen molar-refractivity contribution in [3.05, 3.63) is 120 Å². The van der Waals surface area contributed by atoms with E-state index in [4.69, 9.17) is 20.6 Å². The molecule has 3 nitrogen and oxygen atoms in total. The van der Waals surface area contributed by atoms with Crippen LogP contribution in [0.15, 0.2) is 104 Å². The van der Waals surface area contributed by atoms with Crippen molar-refractivity contribution in [2.45, 2.75) is 24.9 Å². The minimum atomic E-state index is -0.828. The molecule has 0 amide bonds. The smallest absolute Gasteiger partial charge is 0.222 e. The Balaban J connectivity index is 2.04. The Labute approximate surface area is 185 Å². The Morgan fingerprint density at radius 3 is 1.68 bits per heavy atom. The highest BCUT2D eigenvalue weighted by Crippen LogP contribution is 2.40. The molecule has 3 rings (SSSR count). The van der Waals surface area contributed by atoms with Crippen LogP contribution < -0.4 is 0 Å². The van der Waals surface area contributed by atoms with E-state index in [0.717, 1.165) is 16.7 Å². The zero-order chi connectivity index (χ0) is 21.9. The Hall–Kier alpha value is -3.16. The van der Waals surface area contributed by atoms with E-state index in [2.05, 4.69) is 48.9 Å². The van der Waals surface area contributed by atoms with Gasteiger partial charge in [-0.05, 0) is 29.5 Å². The molecule has 2 atom stereocenters. The van der Waals surface area contributed by atoms with Crippen LogP contribution in [-0.2, 0) is 19.8 Å². The second-order valence-electron chi connectivity index (χ2n) is 6.95. The van der Waals surface area contributed by atoms with Crippen LogP contribution >= 0.6 is 0 Å². The summed E-state index contributed by atoms with van der Waals surface area (Å²) in [5, 5.41) is 0. The summed E-state index contributed by atoms with van der Waals surface area (Å²) in [4.78, 5) is 0. The zero-order valence-corrected chi connectivity index (χ0v) is 17.8. The van der Waals surface area contributed by atoms with Crippen molar-refractivity contribution in [2.75, 3.05) is 13.2 Å². The molecule has 0 heterocycles. The predicted octanol–water partition coefficient (Wildman–Crippen LogP) is 5.56. The molecule has 0 N–H and O–H groups in total. The lowest BCUT2D eigenvalue weighted by Gasteiger charge is -2.37. The lowest BCUT2D eigenvalue weighted by atomic mass is 9.80.